The van der Waals surface area contributed by atoms with E-state index in [0.717, 1.165) is 0 Å². The van der Waals surface area contributed by atoms with E-state index >= 15 is 0 Å². The topological polar surface area (TPSA) is 60.4 Å². The molecule has 1 N–H and O–H groups in total. The molecule has 3 nitrogen and oxygen atoms in total. The Morgan fingerprint density at radius 2 is 2.29 bits per heavy atom. The molecule has 0 saturated heterocycles. The highest BCUT2D eigenvalue weighted by molar-refractivity contribution is 5.79. The van der Waals surface area contributed by atoms with Gasteiger partial charge >= 0.3 is 5.97 Å². The van der Waals surface area contributed by atoms with Gasteiger partial charge < -0.3 is 10.2 Å². The van der Waals surface area contributed by atoms with Crippen LogP contribution in [0.1, 0.15) is 6.92 Å². The van der Waals surface area contributed by atoms with Gasteiger partial charge in [0.25, 0.3) is 0 Å². The van der Waals surface area contributed by atoms with Crippen LogP contribution in [0.15, 0.2) is 11.8 Å². The Morgan fingerprint density at radius 3 is 2.29 bits per heavy atom. The number of aliphatic carboxylic acids is 1. The number of carbonyl (C=O) groups is 1. The molecule has 7 heavy (non-hydrogen) atoms. The fraction of sp³-hybridized carbons (Fsp3) is 0.250. The number of carboxylic acid groups (broad SMARTS) is 1. The van der Waals surface area contributed by atoms with E-state index in [0.29, 0.717) is 6.08 Å². The Morgan fingerprint density at radius 1 is 1.86 bits per heavy atom. The molecule has 0 heterocycles. The van der Waals surface area contributed by atoms with E-state index in [1.165, 1.54) is 6.92 Å². The van der Waals surface area contributed by atoms with Crippen LogP contribution < -0.4 is 5.11 Å². The lowest BCUT2D eigenvalue weighted by Gasteiger charge is -1.97. The van der Waals surface area contributed by atoms with Gasteiger partial charge in [-0.1, -0.05) is 6.92 Å². The van der Waals surface area contributed by atoms with Crippen molar-refractivity contribution in [2.24, 2.45) is 0 Å². The molecule has 0 saturated carbocycles. The summed E-state index contributed by atoms with van der Waals surface area (Å²) in [6, 6.07) is 0. The van der Waals surface area contributed by atoms with Crippen molar-refractivity contribution < 1.29 is 15.0 Å². The third-order valence-electron chi connectivity index (χ3n) is 0.327. The summed E-state index contributed by atoms with van der Waals surface area (Å²) in [5.41, 5.74) is 0. The van der Waals surface area contributed by atoms with Crippen LogP contribution in [0.4, 0.5) is 0 Å². The highest BCUT2D eigenvalue weighted by Gasteiger charge is 1.79. The van der Waals surface area contributed by atoms with Crippen molar-refractivity contribution in [1.29, 1.82) is 0 Å². The van der Waals surface area contributed by atoms with Crippen LogP contribution in [0, 0.1) is 0 Å². The van der Waals surface area contributed by atoms with Crippen LogP contribution in [0.2, 0.25) is 0 Å². The molecule has 0 aliphatic carbocycles. The van der Waals surface area contributed by atoms with E-state index in [1.807, 2.05) is 0 Å². The van der Waals surface area contributed by atoms with Crippen LogP contribution in [-0.2, 0) is 4.79 Å². The van der Waals surface area contributed by atoms with Crippen molar-refractivity contribution >= 4 is 5.97 Å². The fourth-order valence-corrected chi connectivity index (χ4v) is 0.174. The molecule has 0 aromatic carbocycles. The van der Waals surface area contributed by atoms with E-state index in [9.17, 15) is 9.90 Å². The molecule has 0 spiro atoms. The predicted molar refractivity (Wildman–Crippen MR) is 21.4 cm³/mol. The smallest absolute Gasteiger partial charge is 0.327 e. The number of allylic oxidation sites excluding steroid dienone is 1. The highest BCUT2D eigenvalue weighted by Crippen LogP contribution is 1.75. The zero-order valence-electron chi connectivity index (χ0n) is 3.84. The van der Waals surface area contributed by atoms with E-state index in [4.69, 9.17) is 5.11 Å². The molecule has 0 amide bonds. The second-order valence-electron chi connectivity index (χ2n) is 1.09. The normalized spacial score (nSPS) is 11.3. The molecule has 0 aromatic rings. The van der Waals surface area contributed by atoms with Crippen LogP contribution in [-0.4, -0.2) is 11.1 Å². The number of hydrogen-bond acceptors (Lipinski definition) is 2. The summed E-state index contributed by atoms with van der Waals surface area (Å²) in [4.78, 5) is 9.53. The molecule has 0 rings (SSSR count). The van der Waals surface area contributed by atoms with Gasteiger partial charge in [-0.3, -0.25) is 0 Å². The first kappa shape index (κ1) is 6.01. The minimum Gasteiger partial charge on any atom is -0.875 e. The largest absolute Gasteiger partial charge is 0.875 e. The molecular weight excluding hydrogens is 96.0 g/mol. The molecule has 0 unspecified atom stereocenters. The third-order valence-corrected chi connectivity index (χ3v) is 0.327. The van der Waals surface area contributed by atoms with Gasteiger partial charge in [-0.25, -0.2) is 4.79 Å². The lowest BCUT2D eigenvalue weighted by atomic mass is 10.5. The lowest BCUT2D eigenvalue weighted by molar-refractivity contribution is -0.301. The first-order chi connectivity index (χ1) is 3.13. The number of rotatable bonds is 1. The summed E-state index contributed by atoms with van der Waals surface area (Å²) in [7, 11) is 0. The quantitative estimate of drug-likeness (QED) is 0.352. The summed E-state index contributed by atoms with van der Waals surface area (Å²) in [5, 5.41) is 17.6. The standard InChI is InChI=1S/C4H6O3/c1-3(5)2-4(6)7/h2,5H,1H3,(H,6,7)/p-1/b3-2-. The van der Waals surface area contributed by atoms with Crippen molar-refractivity contribution in [1.82, 2.24) is 0 Å². The average molecular weight is 101 g/mol. The fourth-order valence-electron chi connectivity index (χ4n) is 0.174. The minimum atomic E-state index is -1.19. The summed E-state index contributed by atoms with van der Waals surface area (Å²) in [5.74, 6) is -1.62. The Kier molecular flexibility index (Phi) is 1.91. The van der Waals surface area contributed by atoms with Gasteiger partial charge in [0.05, 0.1) is 0 Å². The van der Waals surface area contributed by atoms with Gasteiger partial charge in [0.15, 0.2) is 0 Å². The molecule has 0 fully saturated rings. The van der Waals surface area contributed by atoms with Gasteiger partial charge in [-0.05, 0) is 0 Å². The highest BCUT2D eigenvalue weighted by atomic mass is 16.4. The molecule has 0 aromatic heterocycles. The van der Waals surface area contributed by atoms with Crippen molar-refractivity contribution in [2.75, 3.05) is 0 Å². The zero-order valence-corrected chi connectivity index (χ0v) is 3.84. The van der Waals surface area contributed by atoms with E-state index in [1.54, 1.807) is 0 Å². The first-order valence-corrected chi connectivity index (χ1v) is 1.71. The molecule has 0 radical (unpaired) electrons. The third kappa shape index (κ3) is 5.01. The molecule has 0 aliphatic rings. The van der Waals surface area contributed by atoms with Crippen molar-refractivity contribution in [3.05, 3.63) is 11.8 Å². The molecule has 40 valence electrons. The molecule has 0 bridgehead atoms. The molecule has 0 atom stereocenters. The zero-order chi connectivity index (χ0) is 5.86. The maximum atomic E-state index is 9.82. The Labute approximate surface area is 40.9 Å². The Balaban J connectivity index is 3.68. The van der Waals surface area contributed by atoms with Gasteiger partial charge in [-0.15, -0.1) is 5.76 Å². The predicted octanol–water partition coefficient (Wildman–Crippen LogP) is -0.665. The lowest BCUT2D eigenvalue weighted by Crippen LogP contribution is -2.01. The van der Waals surface area contributed by atoms with E-state index in [-0.39, 0.29) is 0 Å². The molecule has 0 aliphatic heterocycles. The maximum absolute atomic E-state index is 9.82. The van der Waals surface area contributed by atoms with Crippen LogP contribution in [0.5, 0.6) is 0 Å². The second kappa shape index (κ2) is 2.23. The van der Waals surface area contributed by atoms with Crippen molar-refractivity contribution in [3.63, 3.8) is 0 Å². The number of hydrogen-bond donors (Lipinski definition) is 1. The molecular formula is C4H5O3-. The monoisotopic (exact) mass is 101 g/mol. The Bertz CT molecular complexity index is 99.5. The van der Waals surface area contributed by atoms with Crippen molar-refractivity contribution in [3.8, 4) is 0 Å². The van der Waals surface area contributed by atoms with Gasteiger partial charge in [0.1, 0.15) is 0 Å². The van der Waals surface area contributed by atoms with Gasteiger partial charge in [-0.2, -0.15) is 0 Å². The summed E-state index contributed by atoms with van der Waals surface area (Å²) in [6.07, 6.45) is 0.611. The van der Waals surface area contributed by atoms with Gasteiger partial charge in [0.2, 0.25) is 0 Å². The summed E-state index contributed by atoms with van der Waals surface area (Å²) >= 11 is 0. The summed E-state index contributed by atoms with van der Waals surface area (Å²) in [6.45, 7) is 1.19. The molecule has 3 heteroatoms. The van der Waals surface area contributed by atoms with Crippen LogP contribution in [0.3, 0.4) is 0 Å². The Hall–Kier alpha value is -0.990. The number of carboxylic acids is 1. The summed E-state index contributed by atoms with van der Waals surface area (Å²) < 4.78 is 0. The van der Waals surface area contributed by atoms with E-state index in [2.05, 4.69) is 0 Å². The van der Waals surface area contributed by atoms with Crippen LogP contribution in [0.25, 0.3) is 0 Å². The SMILES string of the molecule is C/C([O-])=C/C(=O)O. The van der Waals surface area contributed by atoms with Crippen molar-refractivity contribution in [2.45, 2.75) is 6.92 Å². The van der Waals surface area contributed by atoms with Gasteiger partial charge in [0, 0.05) is 6.08 Å². The second-order valence-corrected chi connectivity index (χ2v) is 1.09. The average Bonchev–Trinajstić information content (AvgIpc) is 1.27. The van der Waals surface area contributed by atoms with Crippen LogP contribution >= 0.6 is 0 Å². The minimum absolute atomic E-state index is 0.437. The van der Waals surface area contributed by atoms with E-state index < -0.39 is 11.7 Å². The maximum Gasteiger partial charge on any atom is 0.327 e. The first-order valence-electron chi connectivity index (χ1n) is 1.71.